The molecule has 2 rings (SSSR count). The normalized spacial score (nSPS) is 11.8. The first-order valence-electron chi connectivity index (χ1n) is 7.43. The number of methoxy groups -OCH3 is 1. The molecule has 2 aromatic rings. The van der Waals surface area contributed by atoms with E-state index < -0.39 is 5.91 Å². The van der Waals surface area contributed by atoms with E-state index in [1.165, 1.54) is 23.1 Å². The topological polar surface area (TPSA) is 119 Å². The fourth-order valence-electron chi connectivity index (χ4n) is 1.76. The maximum Gasteiger partial charge on any atom is 0.248 e. The third-order valence-corrected chi connectivity index (χ3v) is 5.14. The fourth-order valence-corrected chi connectivity index (χ4v) is 3.68. The largest absolute Gasteiger partial charge is 0.383 e. The summed E-state index contributed by atoms with van der Waals surface area (Å²) in [7, 11) is 1.63. The maximum absolute atomic E-state index is 12.3. The maximum atomic E-state index is 12.3. The number of nitrogens with two attached hydrogens (primary N) is 1. The Kier molecular flexibility index (Phi) is 7.16. The average molecular weight is 381 g/mol. The monoisotopic (exact) mass is 381 g/mol. The molecule has 0 aliphatic carbocycles. The highest BCUT2D eigenvalue weighted by Crippen LogP contribution is 2.29. The van der Waals surface area contributed by atoms with Gasteiger partial charge in [-0.25, -0.2) is 0 Å². The Morgan fingerprint density at radius 2 is 2.04 bits per heavy atom. The zero-order valence-electron chi connectivity index (χ0n) is 13.8. The zero-order valence-corrected chi connectivity index (χ0v) is 15.4. The molecular weight excluding hydrogens is 362 g/mol. The molecule has 1 atom stereocenters. The average Bonchev–Trinajstić information content (AvgIpc) is 3.03. The Balaban J connectivity index is 1.86. The standard InChI is InChI=1S/C15H19N5O3S2/c1-9(24-15-20-19-14(25-15)17-7-8-23-2)13(22)18-11-5-3-10(4-6-11)12(16)21/h3-6,9H,7-8H2,1-2H3,(H2,16,21)(H,17,19)(H,18,22)/t9-/m1/s1. The molecule has 1 heterocycles. The molecule has 1 aromatic carbocycles. The van der Waals surface area contributed by atoms with Gasteiger partial charge in [-0.2, -0.15) is 0 Å². The number of ether oxygens (including phenoxy) is 1. The highest BCUT2D eigenvalue weighted by atomic mass is 32.2. The minimum atomic E-state index is -0.506. The molecule has 0 aliphatic rings. The molecule has 0 saturated carbocycles. The van der Waals surface area contributed by atoms with E-state index in [4.69, 9.17) is 10.5 Å². The van der Waals surface area contributed by atoms with Crippen LogP contribution in [-0.2, 0) is 9.53 Å². The van der Waals surface area contributed by atoms with E-state index in [-0.39, 0.29) is 11.2 Å². The number of carbonyl (C=O) groups is 2. The van der Waals surface area contributed by atoms with Crippen LogP contribution >= 0.6 is 23.1 Å². The summed E-state index contributed by atoms with van der Waals surface area (Å²) in [4.78, 5) is 23.3. The van der Waals surface area contributed by atoms with E-state index in [0.29, 0.717) is 33.9 Å². The Hall–Kier alpha value is -2.17. The van der Waals surface area contributed by atoms with Crippen LogP contribution in [0.3, 0.4) is 0 Å². The van der Waals surface area contributed by atoms with Gasteiger partial charge in [0, 0.05) is 24.9 Å². The molecular formula is C15H19N5O3S2. The first-order valence-corrected chi connectivity index (χ1v) is 9.13. The number of hydrogen-bond acceptors (Lipinski definition) is 8. The lowest BCUT2D eigenvalue weighted by atomic mass is 10.2. The second kappa shape index (κ2) is 9.35. The molecule has 0 bridgehead atoms. The molecule has 4 N–H and O–H groups in total. The first-order chi connectivity index (χ1) is 12.0. The second-order valence-electron chi connectivity index (χ2n) is 4.98. The van der Waals surface area contributed by atoms with Crippen molar-refractivity contribution in [3.63, 3.8) is 0 Å². The molecule has 0 unspecified atom stereocenters. The van der Waals surface area contributed by atoms with Crippen LogP contribution in [0.5, 0.6) is 0 Å². The van der Waals surface area contributed by atoms with Crippen LogP contribution in [0.4, 0.5) is 10.8 Å². The number of aromatic nitrogens is 2. The summed E-state index contributed by atoms with van der Waals surface area (Å²) in [5.74, 6) is -0.672. The summed E-state index contributed by atoms with van der Waals surface area (Å²) in [5, 5.41) is 14.3. The SMILES string of the molecule is COCCNc1nnc(S[C@H](C)C(=O)Nc2ccc(C(N)=O)cc2)s1. The highest BCUT2D eigenvalue weighted by Gasteiger charge is 2.17. The Morgan fingerprint density at radius 3 is 2.68 bits per heavy atom. The highest BCUT2D eigenvalue weighted by molar-refractivity contribution is 8.02. The summed E-state index contributed by atoms with van der Waals surface area (Å²) in [6.07, 6.45) is 0. The number of thioether (sulfide) groups is 1. The predicted octanol–water partition coefficient (Wildman–Crippen LogP) is 1.81. The summed E-state index contributed by atoms with van der Waals surface area (Å²) in [6, 6.07) is 6.41. The van der Waals surface area contributed by atoms with E-state index in [1.807, 2.05) is 0 Å². The lowest BCUT2D eigenvalue weighted by Crippen LogP contribution is -2.22. The van der Waals surface area contributed by atoms with Crippen molar-refractivity contribution >= 4 is 45.7 Å². The number of rotatable bonds is 9. The molecule has 0 radical (unpaired) electrons. The van der Waals surface area contributed by atoms with E-state index in [9.17, 15) is 9.59 Å². The third kappa shape index (κ3) is 6.00. The van der Waals surface area contributed by atoms with Crippen molar-refractivity contribution in [2.75, 3.05) is 30.9 Å². The fraction of sp³-hybridized carbons (Fsp3) is 0.333. The van der Waals surface area contributed by atoms with Gasteiger partial charge in [-0.15, -0.1) is 10.2 Å². The Labute approximate surface area is 153 Å². The van der Waals surface area contributed by atoms with E-state index in [0.717, 1.165) is 0 Å². The zero-order chi connectivity index (χ0) is 18.2. The molecule has 0 saturated heterocycles. The quantitative estimate of drug-likeness (QED) is 0.448. The third-order valence-electron chi connectivity index (χ3n) is 3.07. The van der Waals surface area contributed by atoms with Gasteiger partial charge in [0.25, 0.3) is 0 Å². The first kappa shape index (κ1) is 19.2. The van der Waals surface area contributed by atoms with Gasteiger partial charge in [-0.3, -0.25) is 9.59 Å². The molecule has 25 heavy (non-hydrogen) atoms. The van der Waals surface area contributed by atoms with Crippen molar-refractivity contribution < 1.29 is 14.3 Å². The number of nitrogens with zero attached hydrogens (tertiary/aromatic N) is 2. The number of nitrogens with one attached hydrogen (secondary N) is 2. The molecule has 8 nitrogen and oxygen atoms in total. The molecule has 0 aliphatic heterocycles. The smallest absolute Gasteiger partial charge is 0.248 e. The van der Waals surface area contributed by atoms with Crippen molar-refractivity contribution in [1.29, 1.82) is 0 Å². The molecule has 10 heteroatoms. The molecule has 134 valence electrons. The van der Waals surface area contributed by atoms with Gasteiger partial charge in [0.1, 0.15) is 0 Å². The summed E-state index contributed by atoms with van der Waals surface area (Å²) < 4.78 is 5.65. The minimum absolute atomic E-state index is 0.166. The number of primary amides is 1. The van der Waals surface area contributed by atoms with Gasteiger partial charge in [0.05, 0.1) is 11.9 Å². The Morgan fingerprint density at radius 1 is 1.32 bits per heavy atom. The second-order valence-corrected chi connectivity index (χ2v) is 7.55. The summed E-state index contributed by atoms with van der Waals surface area (Å²) in [6.45, 7) is 3.01. The lowest BCUT2D eigenvalue weighted by Gasteiger charge is -2.10. The van der Waals surface area contributed by atoms with Gasteiger partial charge < -0.3 is 21.1 Å². The minimum Gasteiger partial charge on any atom is -0.383 e. The van der Waals surface area contributed by atoms with Crippen LogP contribution in [0.1, 0.15) is 17.3 Å². The van der Waals surface area contributed by atoms with Gasteiger partial charge in [0.15, 0.2) is 4.34 Å². The van der Waals surface area contributed by atoms with Gasteiger partial charge in [0.2, 0.25) is 16.9 Å². The van der Waals surface area contributed by atoms with Crippen molar-refractivity contribution in [2.24, 2.45) is 5.73 Å². The summed E-state index contributed by atoms with van der Waals surface area (Å²) in [5.41, 5.74) is 6.18. The van der Waals surface area contributed by atoms with Crippen LogP contribution in [0.2, 0.25) is 0 Å². The van der Waals surface area contributed by atoms with Gasteiger partial charge in [-0.1, -0.05) is 23.1 Å². The van der Waals surface area contributed by atoms with Crippen LogP contribution in [-0.4, -0.2) is 47.5 Å². The molecule has 0 fully saturated rings. The van der Waals surface area contributed by atoms with Crippen LogP contribution < -0.4 is 16.4 Å². The number of carbonyl (C=O) groups excluding carboxylic acids is 2. The lowest BCUT2D eigenvalue weighted by molar-refractivity contribution is -0.115. The van der Waals surface area contributed by atoms with Gasteiger partial charge in [-0.05, 0) is 31.2 Å². The molecule has 0 spiro atoms. The van der Waals surface area contributed by atoms with Crippen molar-refractivity contribution in [3.05, 3.63) is 29.8 Å². The van der Waals surface area contributed by atoms with Crippen molar-refractivity contribution in [2.45, 2.75) is 16.5 Å². The van der Waals surface area contributed by atoms with Crippen molar-refractivity contribution in [1.82, 2.24) is 10.2 Å². The summed E-state index contributed by atoms with van der Waals surface area (Å²) >= 11 is 2.71. The predicted molar refractivity (Wildman–Crippen MR) is 99.2 cm³/mol. The van der Waals surface area contributed by atoms with Crippen LogP contribution in [0.15, 0.2) is 28.6 Å². The number of amides is 2. The Bertz CT molecular complexity index is 720. The van der Waals surface area contributed by atoms with Crippen LogP contribution in [0.25, 0.3) is 0 Å². The van der Waals surface area contributed by atoms with E-state index in [2.05, 4.69) is 20.8 Å². The van der Waals surface area contributed by atoms with Gasteiger partial charge >= 0.3 is 0 Å². The van der Waals surface area contributed by atoms with Crippen LogP contribution in [0, 0.1) is 0 Å². The van der Waals surface area contributed by atoms with E-state index in [1.54, 1.807) is 38.3 Å². The van der Waals surface area contributed by atoms with E-state index >= 15 is 0 Å². The van der Waals surface area contributed by atoms with Crippen molar-refractivity contribution in [3.8, 4) is 0 Å². The number of anilines is 2. The molecule has 2 amide bonds. The number of hydrogen-bond donors (Lipinski definition) is 3. The molecule has 1 aromatic heterocycles. The number of benzene rings is 1.